The van der Waals surface area contributed by atoms with E-state index in [-0.39, 0.29) is 12.0 Å². The van der Waals surface area contributed by atoms with Gasteiger partial charge in [0.1, 0.15) is 5.60 Å². The zero-order valence-corrected chi connectivity index (χ0v) is 14.4. The zero-order chi connectivity index (χ0) is 17.2. The molecule has 1 aliphatic heterocycles. The van der Waals surface area contributed by atoms with Crippen LogP contribution in [0.5, 0.6) is 0 Å². The normalized spacial score (nSPS) is 17.5. The molecule has 124 valence electrons. The van der Waals surface area contributed by atoms with E-state index in [0.29, 0.717) is 6.54 Å². The number of ether oxygens (including phenoxy) is 1. The molecule has 2 aromatic rings. The Bertz CT molecular complexity index is 729. The fraction of sp³-hybridized carbons (Fsp3) is 0.286. The van der Waals surface area contributed by atoms with Gasteiger partial charge in [0, 0.05) is 12.5 Å². The van der Waals surface area contributed by atoms with Crippen LogP contribution < -0.4 is 0 Å². The maximum absolute atomic E-state index is 12.7. The quantitative estimate of drug-likeness (QED) is 0.773. The summed E-state index contributed by atoms with van der Waals surface area (Å²) in [6, 6.07) is 20.3. The first-order valence-electron chi connectivity index (χ1n) is 8.27. The second-order valence-electron chi connectivity index (χ2n) is 7.03. The van der Waals surface area contributed by atoms with Gasteiger partial charge in [-0.2, -0.15) is 0 Å². The molecule has 3 heteroatoms. The summed E-state index contributed by atoms with van der Waals surface area (Å²) in [7, 11) is 0. The first-order valence-corrected chi connectivity index (χ1v) is 8.27. The van der Waals surface area contributed by atoms with Gasteiger partial charge in [0.05, 0.1) is 5.70 Å². The van der Waals surface area contributed by atoms with E-state index in [1.807, 2.05) is 69.3 Å². The van der Waals surface area contributed by atoms with Gasteiger partial charge in [-0.1, -0.05) is 66.7 Å². The molecular formula is C21H23NO2. The topological polar surface area (TPSA) is 29.5 Å². The Labute approximate surface area is 143 Å². The highest BCUT2D eigenvalue weighted by Crippen LogP contribution is 2.35. The molecule has 3 rings (SSSR count). The number of rotatable bonds is 2. The van der Waals surface area contributed by atoms with Crippen molar-refractivity contribution in [3.8, 4) is 0 Å². The van der Waals surface area contributed by atoms with Crippen LogP contribution >= 0.6 is 0 Å². The lowest BCUT2D eigenvalue weighted by Gasteiger charge is -2.26. The maximum atomic E-state index is 12.7. The molecule has 0 spiro atoms. The minimum absolute atomic E-state index is 0.175. The standard InChI is InChI=1S/C21H23NO2/c1-21(2,3)24-20(23)22-15-18(16-10-6-4-7-11-16)14-19(22)17-12-8-5-9-13-17/h4-14,18H,15H2,1-3H3. The van der Waals surface area contributed by atoms with Gasteiger partial charge in [-0.15, -0.1) is 0 Å². The molecule has 0 saturated carbocycles. The number of benzene rings is 2. The molecule has 0 aromatic heterocycles. The third-order valence-electron chi connectivity index (χ3n) is 3.94. The van der Waals surface area contributed by atoms with E-state index in [9.17, 15) is 4.79 Å². The van der Waals surface area contributed by atoms with E-state index in [4.69, 9.17) is 4.74 Å². The Balaban J connectivity index is 1.93. The van der Waals surface area contributed by atoms with Gasteiger partial charge >= 0.3 is 6.09 Å². The van der Waals surface area contributed by atoms with Crippen molar-refractivity contribution in [1.82, 2.24) is 4.90 Å². The second kappa shape index (κ2) is 6.52. The van der Waals surface area contributed by atoms with Crippen molar-refractivity contribution in [2.24, 2.45) is 0 Å². The molecule has 0 bridgehead atoms. The molecule has 1 aliphatic rings. The summed E-state index contributed by atoms with van der Waals surface area (Å²) in [6.45, 7) is 6.27. The van der Waals surface area contributed by atoms with Crippen LogP contribution in [0.3, 0.4) is 0 Å². The average Bonchev–Trinajstić information content (AvgIpc) is 3.00. The molecule has 3 nitrogen and oxygen atoms in total. The summed E-state index contributed by atoms with van der Waals surface area (Å²) in [5.74, 6) is 0.175. The summed E-state index contributed by atoms with van der Waals surface area (Å²) in [5, 5.41) is 0. The van der Waals surface area contributed by atoms with E-state index in [1.165, 1.54) is 5.56 Å². The smallest absolute Gasteiger partial charge is 0.414 e. The van der Waals surface area contributed by atoms with E-state index in [0.717, 1.165) is 11.3 Å². The molecule has 1 unspecified atom stereocenters. The number of hydrogen-bond donors (Lipinski definition) is 0. The van der Waals surface area contributed by atoms with E-state index >= 15 is 0 Å². The van der Waals surface area contributed by atoms with Gasteiger partial charge in [-0.3, -0.25) is 4.90 Å². The Morgan fingerprint density at radius 2 is 1.58 bits per heavy atom. The Kier molecular flexibility index (Phi) is 4.43. The highest BCUT2D eigenvalue weighted by Gasteiger charge is 2.32. The highest BCUT2D eigenvalue weighted by atomic mass is 16.6. The van der Waals surface area contributed by atoms with Crippen molar-refractivity contribution in [2.75, 3.05) is 6.54 Å². The lowest BCUT2D eigenvalue weighted by molar-refractivity contribution is 0.0361. The summed E-state index contributed by atoms with van der Waals surface area (Å²) in [5.41, 5.74) is 2.64. The number of nitrogens with zero attached hydrogens (tertiary/aromatic N) is 1. The molecule has 0 N–H and O–H groups in total. The predicted octanol–water partition coefficient (Wildman–Crippen LogP) is 5.06. The molecule has 24 heavy (non-hydrogen) atoms. The van der Waals surface area contributed by atoms with E-state index in [1.54, 1.807) is 4.90 Å². The maximum Gasteiger partial charge on any atom is 0.414 e. The SMILES string of the molecule is CC(C)(C)OC(=O)N1CC(c2ccccc2)C=C1c1ccccc1. The predicted molar refractivity (Wildman–Crippen MR) is 96.5 cm³/mol. The summed E-state index contributed by atoms with van der Waals surface area (Å²) < 4.78 is 5.60. The molecule has 1 heterocycles. The summed E-state index contributed by atoms with van der Waals surface area (Å²) in [4.78, 5) is 14.4. The highest BCUT2D eigenvalue weighted by molar-refractivity contribution is 5.84. The van der Waals surface area contributed by atoms with Gasteiger partial charge in [-0.25, -0.2) is 4.79 Å². The summed E-state index contributed by atoms with van der Waals surface area (Å²) in [6.07, 6.45) is 1.87. The number of amides is 1. The largest absolute Gasteiger partial charge is 0.443 e. The minimum atomic E-state index is -0.510. The number of hydrogen-bond acceptors (Lipinski definition) is 2. The second-order valence-corrected chi connectivity index (χ2v) is 7.03. The van der Waals surface area contributed by atoms with Crippen molar-refractivity contribution in [2.45, 2.75) is 32.3 Å². The monoisotopic (exact) mass is 321 g/mol. The lowest BCUT2D eigenvalue weighted by atomic mass is 10.00. The Morgan fingerprint density at radius 3 is 2.17 bits per heavy atom. The van der Waals surface area contributed by atoms with Crippen LogP contribution in [0.4, 0.5) is 4.79 Å². The van der Waals surface area contributed by atoms with Crippen LogP contribution in [0.15, 0.2) is 66.7 Å². The first kappa shape index (κ1) is 16.3. The van der Waals surface area contributed by atoms with Gasteiger partial charge in [0.25, 0.3) is 0 Å². The number of carbonyl (C=O) groups is 1. The molecule has 0 saturated heterocycles. The fourth-order valence-electron chi connectivity index (χ4n) is 2.88. The van der Waals surface area contributed by atoms with Crippen molar-refractivity contribution in [3.63, 3.8) is 0 Å². The van der Waals surface area contributed by atoms with Crippen LogP contribution in [0.2, 0.25) is 0 Å². The lowest BCUT2D eigenvalue weighted by Crippen LogP contribution is -2.35. The van der Waals surface area contributed by atoms with Gasteiger partial charge < -0.3 is 4.74 Å². The summed E-state index contributed by atoms with van der Waals surface area (Å²) >= 11 is 0. The van der Waals surface area contributed by atoms with Crippen molar-refractivity contribution >= 4 is 11.8 Å². The van der Waals surface area contributed by atoms with Crippen LogP contribution in [0.1, 0.15) is 37.8 Å². The fourth-order valence-corrected chi connectivity index (χ4v) is 2.88. The molecule has 1 amide bonds. The van der Waals surface area contributed by atoms with Crippen molar-refractivity contribution < 1.29 is 9.53 Å². The molecule has 2 aromatic carbocycles. The molecule has 0 aliphatic carbocycles. The van der Waals surface area contributed by atoms with Gasteiger partial charge in [0.15, 0.2) is 0 Å². The van der Waals surface area contributed by atoms with Crippen LogP contribution in [-0.2, 0) is 4.74 Å². The Hall–Kier alpha value is -2.55. The third-order valence-corrected chi connectivity index (χ3v) is 3.94. The van der Waals surface area contributed by atoms with E-state index < -0.39 is 5.60 Å². The third kappa shape index (κ3) is 3.67. The molecule has 0 fully saturated rings. The first-order chi connectivity index (χ1) is 11.4. The average molecular weight is 321 g/mol. The van der Waals surface area contributed by atoms with Crippen molar-refractivity contribution in [1.29, 1.82) is 0 Å². The van der Waals surface area contributed by atoms with Crippen molar-refractivity contribution in [3.05, 3.63) is 77.9 Å². The number of carbonyl (C=O) groups excluding carboxylic acids is 1. The minimum Gasteiger partial charge on any atom is -0.443 e. The Morgan fingerprint density at radius 1 is 1.00 bits per heavy atom. The van der Waals surface area contributed by atoms with Gasteiger partial charge in [-0.05, 0) is 31.9 Å². The zero-order valence-electron chi connectivity index (χ0n) is 14.4. The van der Waals surface area contributed by atoms with Crippen LogP contribution in [0, 0.1) is 0 Å². The molecule has 1 atom stereocenters. The van der Waals surface area contributed by atoms with E-state index in [2.05, 4.69) is 18.2 Å². The molecule has 0 radical (unpaired) electrons. The molecular weight excluding hydrogens is 298 g/mol. The van der Waals surface area contributed by atoms with Gasteiger partial charge in [0.2, 0.25) is 0 Å². The van der Waals surface area contributed by atoms with Crippen LogP contribution in [0.25, 0.3) is 5.70 Å². The van der Waals surface area contributed by atoms with Crippen LogP contribution in [-0.4, -0.2) is 23.1 Å².